The minimum absolute atomic E-state index is 0. The van der Waals surface area contributed by atoms with Crippen LogP contribution in [0.15, 0.2) is 0 Å². The number of rotatable bonds is 3. The number of carboxylic acid groups (broad SMARTS) is 2. The average molecular weight is 206 g/mol. The van der Waals surface area contributed by atoms with Gasteiger partial charge in [0.05, 0.1) is 0 Å². The molecule has 0 aliphatic heterocycles. The second-order valence-corrected chi connectivity index (χ2v) is 1.57. The van der Waals surface area contributed by atoms with Crippen LogP contribution in [0.4, 0.5) is 0 Å². The van der Waals surface area contributed by atoms with Crippen LogP contribution < -0.4 is 0 Å². The molecule has 0 unspecified atom stereocenters. The molecule has 11 heavy (non-hydrogen) atoms. The van der Waals surface area contributed by atoms with E-state index in [9.17, 15) is 9.59 Å². The van der Waals surface area contributed by atoms with E-state index in [1.165, 1.54) is 0 Å². The molecular weight excluding hydrogens is 200 g/mol. The van der Waals surface area contributed by atoms with E-state index in [0.717, 1.165) is 0 Å². The molecule has 4 N–H and O–H groups in total. The molecule has 6 nitrogen and oxygen atoms in total. The summed E-state index contributed by atoms with van der Waals surface area (Å²) in [6.45, 7) is 0. The molecule has 0 heterocycles. The number of hydrogen-bond donors (Lipinski definition) is 4. The standard InChI is InChI=1S/C4H6O6.Fe/c5-1(3(7)8)2(6)4(9)10;/h1-2,5-6H,(H,7,8)(H,9,10);/t1-,2-;/m1./s1. The predicted molar refractivity (Wildman–Crippen MR) is 27.3 cm³/mol. The second kappa shape index (κ2) is 5.09. The Balaban J connectivity index is 0. The molecule has 0 fully saturated rings. The van der Waals surface area contributed by atoms with Crippen molar-refractivity contribution in [3.63, 3.8) is 0 Å². The van der Waals surface area contributed by atoms with Gasteiger partial charge in [0, 0.05) is 17.1 Å². The Bertz CT molecular complexity index is 139. The average Bonchev–Trinajstić information content (AvgIpc) is 1.84. The van der Waals surface area contributed by atoms with Crippen LogP contribution in [0.2, 0.25) is 0 Å². The molecule has 0 bridgehead atoms. The summed E-state index contributed by atoms with van der Waals surface area (Å²) in [5, 5.41) is 32.5. The SMILES string of the molecule is O=C(O)[C@H](O)[C@@H](O)C(=O)O.[Fe]. The van der Waals surface area contributed by atoms with Crippen molar-refractivity contribution in [1.29, 1.82) is 0 Å². The van der Waals surface area contributed by atoms with Gasteiger partial charge in [-0.05, 0) is 0 Å². The summed E-state index contributed by atoms with van der Waals surface area (Å²) in [6.07, 6.45) is -4.53. The molecule has 0 aliphatic carbocycles. The van der Waals surface area contributed by atoms with Crippen molar-refractivity contribution in [3.8, 4) is 0 Å². The molecule has 0 aromatic rings. The Labute approximate surface area is 71.9 Å². The molecule has 66 valence electrons. The van der Waals surface area contributed by atoms with Gasteiger partial charge in [-0.3, -0.25) is 0 Å². The maximum atomic E-state index is 9.77. The normalized spacial score (nSPS) is 14.4. The number of aliphatic hydroxyl groups excluding tert-OH is 2. The predicted octanol–water partition coefficient (Wildman–Crippen LogP) is -2.13. The van der Waals surface area contributed by atoms with Gasteiger partial charge in [-0.1, -0.05) is 0 Å². The van der Waals surface area contributed by atoms with E-state index >= 15 is 0 Å². The molecule has 0 amide bonds. The Morgan fingerprint density at radius 3 is 1.18 bits per heavy atom. The van der Waals surface area contributed by atoms with Crippen LogP contribution >= 0.6 is 0 Å². The fourth-order valence-electron chi connectivity index (χ4n) is 0.270. The summed E-state index contributed by atoms with van der Waals surface area (Å²) < 4.78 is 0. The van der Waals surface area contributed by atoms with Crippen molar-refractivity contribution < 1.29 is 47.1 Å². The molecule has 2 atom stereocenters. The van der Waals surface area contributed by atoms with Gasteiger partial charge in [0.2, 0.25) is 0 Å². The maximum absolute atomic E-state index is 9.77. The van der Waals surface area contributed by atoms with E-state index in [0.29, 0.717) is 0 Å². The summed E-state index contributed by atoms with van der Waals surface area (Å²) in [4.78, 5) is 19.5. The number of aliphatic carboxylic acids is 2. The van der Waals surface area contributed by atoms with Gasteiger partial charge in [-0.15, -0.1) is 0 Å². The molecule has 0 aromatic heterocycles. The van der Waals surface area contributed by atoms with Gasteiger partial charge < -0.3 is 20.4 Å². The van der Waals surface area contributed by atoms with Crippen molar-refractivity contribution in [3.05, 3.63) is 0 Å². The fraction of sp³-hybridized carbons (Fsp3) is 0.500. The van der Waals surface area contributed by atoms with Gasteiger partial charge in [0.15, 0.2) is 12.2 Å². The van der Waals surface area contributed by atoms with Crippen LogP contribution in [0.3, 0.4) is 0 Å². The summed E-state index contributed by atoms with van der Waals surface area (Å²) in [5.74, 6) is -3.54. The number of aliphatic hydroxyl groups is 2. The van der Waals surface area contributed by atoms with Crippen LogP contribution in [0.1, 0.15) is 0 Å². The van der Waals surface area contributed by atoms with Gasteiger partial charge in [-0.25, -0.2) is 9.59 Å². The molecule has 0 aromatic carbocycles. The van der Waals surface area contributed by atoms with E-state index in [-0.39, 0.29) is 17.1 Å². The molecule has 0 aliphatic rings. The summed E-state index contributed by atoms with van der Waals surface area (Å²) in [5.41, 5.74) is 0. The first kappa shape index (κ1) is 13.0. The third-order valence-electron chi connectivity index (χ3n) is 0.805. The summed E-state index contributed by atoms with van der Waals surface area (Å²) in [6, 6.07) is 0. The molecule has 0 saturated heterocycles. The van der Waals surface area contributed by atoms with Gasteiger partial charge in [0.1, 0.15) is 0 Å². The zero-order valence-corrected chi connectivity index (χ0v) is 6.22. The van der Waals surface area contributed by atoms with Crippen LogP contribution in [-0.2, 0) is 26.7 Å². The van der Waals surface area contributed by atoms with E-state index in [4.69, 9.17) is 20.4 Å². The number of hydrogen-bond acceptors (Lipinski definition) is 4. The van der Waals surface area contributed by atoms with Gasteiger partial charge in [-0.2, -0.15) is 0 Å². The minimum Gasteiger partial charge on any atom is -0.479 e. The quantitative estimate of drug-likeness (QED) is 0.392. The van der Waals surface area contributed by atoms with Crippen LogP contribution in [0.25, 0.3) is 0 Å². The third kappa shape index (κ3) is 3.94. The first-order valence-corrected chi connectivity index (χ1v) is 2.28. The van der Waals surface area contributed by atoms with E-state index in [2.05, 4.69) is 0 Å². The number of carboxylic acids is 2. The van der Waals surface area contributed by atoms with Crippen molar-refractivity contribution in [2.45, 2.75) is 12.2 Å². The first-order valence-electron chi connectivity index (χ1n) is 2.28. The Hall–Kier alpha value is -0.621. The Kier molecular flexibility index (Phi) is 6.01. The minimum atomic E-state index is -2.27. The molecular formula is C4H6FeO6. The van der Waals surface area contributed by atoms with Crippen molar-refractivity contribution in [1.82, 2.24) is 0 Å². The summed E-state index contributed by atoms with van der Waals surface area (Å²) in [7, 11) is 0. The summed E-state index contributed by atoms with van der Waals surface area (Å²) >= 11 is 0. The van der Waals surface area contributed by atoms with Crippen LogP contribution in [-0.4, -0.2) is 44.6 Å². The zero-order valence-electron chi connectivity index (χ0n) is 5.11. The largest absolute Gasteiger partial charge is 0.479 e. The molecule has 0 saturated carbocycles. The third-order valence-corrected chi connectivity index (χ3v) is 0.805. The van der Waals surface area contributed by atoms with E-state index in [1.54, 1.807) is 0 Å². The topological polar surface area (TPSA) is 115 Å². The second-order valence-electron chi connectivity index (χ2n) is 1.57. The molecule has 0 spiro atoms. The van der Waals surface area contributed by atoms with Crippen LogP contribution in [0.5, 0.6) is 0 Å². The van der Waals surface area contributed by atoms with E-state index in [1.807, 2.05) is 0 Å². The number of carbonyl (C=O) groups is 2. The van der Waals surface area contributed by atoms with Crippen molar-refractivity contribution in [2.24, 2.45) is 0 Å². The van der Waals surface area contributed by atoms with Crippen molar-refractivity contribution >= 4 is 11.9 Å². The van der Waals surface area contributed by atoms with Gasteiger partial charge in [0.25, 0.3) is 0 Å². The molecule has 7 heteroatoms. The zero-order chi connectivity index (χ0) is 8.31. The molecule has 0 radical (unpaired) electrons. The maximum Gasteiger partial charge on any atom is 0.335 e. The Morgan fingerprint density at radius 1 is 0.909 bits per heavy atom. The van der Waals surface area contributed by atoms with Crippen LogP contribution in [0, 0.1) is 0 Å². The van der Waals surface area contributed by atoms with Gasteiger partial charge >= 0.3 is 11.9 Å². The Morgan fingerprint density at radius 2 is 1.09 bits per heavy atom. The van der Waals surface area contributed by atoms with E-state index < -0.39 is 24.1 Å². The fourth-order valence-corrected chi connectivity index (χ4v) is 0.270. The molecule has 0 rings (SSSR count). The smallest absolute Gasteiger partial charge is 0.335 e. The van der Waals surface area contributed by atoms with Crippen molar-refractivity contribution in [2.75, 3.05) is 0 Å². The monoisotopic (exact) mass is 206 g/mol. The first-order chi connectivity index (χ1) is 4.46.